The first-order valence-electron chi connectivity index (χ1n) is 6.82. The van der Waals surface area contributed by atoms with Crippen LogP contribution in [-0.2, 0) is 17.8 Å². The zero-order chi connectivity index (χ0) is 12.9. The molecule has 3 rings (SSSR count). The highest BCUT2D eigenvalue weighted by atomic mass is 16.6. The fourth-order valence-electron chi connectivity index (χ4n) is 2.33. The van der Waals surface area contributed by atoms with E-state index in [0.29, 0.717) is 6.10 Å². The van der Waals surface area contributed by atoms with Gasteiger partial charge in [0.2, 0.25) is 0 Å². The van der Waals surface area contributed by atoms with E-state index in [2.05, 4.69) is 65.6 Å². The molecule has 0 spiro atoms. The van der Waals surface area contributed by atoms with Gasteiger partial charge in [-0.25, -0.2) is 0 Å². The zero-order valence-corrected chi connectivity index (χ0v) is 11.0. The van der Waals surface area contributed by atoms with E-state index >= 15 is 0 Å². The molecule has 1 fully saturated rings. The third-order valence-electron chi connectivity index (χ3n) is 3.36. The van der Waals surface area contributed by atoms with Crippen LogP contribution in [0.15, 0.2) is 60.7 Å². The van der Waals surface area contributed by atoms with Gasteiger partial charge < -0.3 is 4.74 Å². The SMILES string of the molecule is c1ccc(CN(Cc2ccccc2)C[C@@H]2CO2)cc1. The summed E-state index contributed by atoms with van der Waals surface area (Å²) < 4.78 is 5.37. The van der Waals surface area contributed by atoms with Crippen LogP contribution in [0.3, 0.4) is 0 Å². The third-order valence-corrected chi connectivity index (χ3v) is 3.36. The van der Waals surface area contributed by atoms with E-state index in [4.69, 9.17) is 4.74 Å². The minimum absolute atomic E-state index is 0.437. The highest BCUT2D eigenvalue weighted by Crippen LogP contribution is 2.16. The molecule has 1 aliphatic heterocycles. The van der Waals surface area contributed by atoms with Gasteiger partial charge in [-0.2, -0.15) is 0 Å². The fraction of sp³-hybridized carbons (Fsp3) is 0.294. The molecule has 1 atom stereocenters. The summed E-state index contributed by atoms with van der Waals surface area (Å²) in [6.45, 7) is 3.90. The Morgan fingerprint density at radius 3 is 1.74 bits per heavy atom. The average Bonchev–Trinajstić information content (AvgIpc) is 3.25. The topological polar surface area (TPSA) is 15.8 Å². The van der Waals surface area contributed by atoms with Crippen LogP contribution >= 0.6 is 0 Å². The lowest BCUT2D eigenvalue weighted by Crippen LogP contribution is -2.27. The molecule has 2 aromatic carbocycles. The van der Waals surface area contributed by atoms with Gasteiger partial charge in [0.1, 0.15) is 0 Å². The first-order valence-corrected chi connectivity index (χ1v) is 6.82. The Morgan fingerprint density at radius 1 is 0.842 bits per heavy atom. The van der Waals surface area contributed by atoms with Crippen LogP contribution in [0.1, 0.15) is 11.1 Å². The van der Waals surface area contributed by atoms with Crippen molar-refractivity contribution < 1.29 is 4.74 Å². The van der Waals surface area contributed by atoms with Gasteiger partial charge in [0.25, 0.3) is 0 Å². The maximum Gasteiger partial charge on any atom is 0.0936 e. The van der Waals surface area contributed by atoms with Gasteiger partial charge in [0.05, 0.1) is 12.7 Å². The summed E-state index contributed by atoms with van der Waals surface area (Å²) in [4.78, 5) is 2.46. The summed E-state index contributed by atoms with van der Waals surface area (Å²) in [5, 5.41) is 0. The van der Waals surface area contributed by atoms with Crippen molar-refractivity contribution in [3.8, 4) is 0 Å². The molecule has 2 aromatic rings. The molecular formula is C17H19NO. The Hall–Kier alpha value is -1.64. The molecule has 1 aliphatic rings. The zero-order valence-electron chi connectivity index (χ0n) is 11.0. The summed E-state index contributed by atoms with van der Waals surface area (Å²) in [5.41, 5.74) is 2.72. The fourth-order valence-corrected chi connectivity index (χ4v) is 2.33. The summed E-state index contributed by atoms with van der Waals surface area (Å²) in [7, 11) is 0. The van der Waals surface area contributed by atoms with Gasteiger partial charge in [-0.3, -0.25) is 4.90 Å². The van der Waals surface area contributed by atoms with Crippen molar-refractivity contribution in [3.63, 3.8) is 0 Å². The lowest BCUT2D eigenvalue weighted by molar-refractivity contribution is 0.227. The predicted octanol–water partition coefficient (Wildman–Crippen LogP) is 3.09. The van der Waals surface area contributed by atoms with Crippen molar-refractivity contribution in [1.29, 1.82) is 0 Å². The molecular weight excluding hydrogens is 234 g/mol. The molecule has 98 valence electrons. The van der Waals surface area contributed by atoms with Crippen molar-refractivity contribution in [2.24, 2.45) is 0 Å². The number of hydrogen-bond donors (Lipinski definition) is 0. The van der Waals surface area contributed by atoms with E-state index in [1.807, 2.05) is 0 Å². The number of epoxide rings is 1. The lowest BCUT2D eigenvalue weighted by Gasteiger charge is -2.21. The van der Waals surface area contributed by atoms with Gasteiger partial charge >= 0.3 is 0 Å². The Balaban J connectivity index is 1.66. The first-order chi connectivity index (χ1) is 9.40. The highest BCUT2D eigenvalue weighted by molar-refractivity contribution is 5.17. The summed E-state index contributed by atoms with van der Waals surface area (Å²) in [6, 6.07) is 21.3. The van der Waals surface area contributed by atoms with E-state index in [1.165, 1.54) is 11.1 Å². The van der Waals surface area contributed by atoms with Crippen molar-refractivity contribution in [2.75, 3.05) is 13.2 Å². The van der Waals surface area contributed by atoms with Crippen LogP contribution in [0.25, 0.3) is 0 Å². The van der Waals surface area contributed by atoms with Crippen LogP contribution in [0.2, 0.25) is 0 Å². The minimum Gasteiger partial charge on any atom is -0.372 e. The van der Waals surface area contributed by atoms with Gasteiger partial charge in [-0.1, -0.05) is 60.7 Å². The molecule has 0 radical (unpaired) electrons. The lowest BCUT2D eigenvalue weighted by atomic mass is 10.1. The quantitative estimate of drug-likeness (QED) is 0.735. The predicted molar refractivity (Wildman–Crippen MR) is 76.7 cm³/mol. The Kier molecular flexibility index (Phi) is 3.92. The molecule has 0 aromatic heterocycles. The molecule has 1 heterocycles. The second kappa shape index (κ2) is 6.00. The smallest absolute Gasteiger partial charge is 0.0936 e. The largest absolute Gasteiger partial charge is 0.372 e. The number of nitrogens with zero attached hydrogens (tertiary/aromatic N) is 1. The van der Waals surface area contributed by atoms with Crippen molar-refractivity contribution >= 4 is 0 Å². The van der Waals surface area contributed by atoms with Crippen LogP contribution in [0, 0.1) is 0 Å². The number of rotatable bonds is 6. The molecule has 0 N–H and O–H groups in total. The van der Waals surface area contributed by atoms with Gasteiger partial charge in [0.15, 0.2) is 0 Å². The van der Waals surface area contributed by atoms with E-state index in [9.17, 15) is 0 Å². The highest BCUT2D eigenvalue weighted by Gasteiger charge is 2.25. The Labute approximate surface area is 114 Å². The number of ether oxygens (including phenoxy) is 1. The first kappa shape index (κ1) is 12.4. The Morgan fingerprint density at radius 2 is 1.32 bits per heavy atom. The molecule has 0 bridgehead atoms. The maximum atomic E-state index is 5.37. The van der Waals surface area contributed by atoms with Crippen LogP contribution < -0.4 is 0 Å². The van der Waals surface area contributed by atoms with Crippen molar-refractivity contribution in [3.05, 3.63) is 71.8 Å². The minimum atomic E-state index is 0.437. The average molecular weight is 253 g/mol. The van der Waals surface area contributed by atoms with Gasteiger partial charge in [-0.15, -0.1) is 0 Å². The van der Waals surface area contributed by atoms with Crippen LogP contribution in [-0.4, -0.2) is 24.2 Å². The normalized spacial score (nSPS) is 17.6. The van der Waals surface area contributed by atoms with E-state index in [-0.39, 0.29) is 0 Å². The van der Waals surface area contributed by atoms with Crippen molar-refractivity contribution in [2.45, 2.75) is 19.2 Å². The Bertz CT molecular complexity index is 452. The van der Waals surface area contributed by atoms with E-state index in [0.717, 1.165) is 26.2 Å². The standard InChI is InChI=1S/C17H19NO/c1-3-7-15(8-4-1)11-18(13-17-14-19-17)12-16-9-5-2-6-10-16/h1-10,17H,11-14H2/t17-/m1/s1. The molecule has 2 heteroatoms. The monoisotopic (exact) mass is 253 g/mol. The second-order valence-corrected chi connectivity index (χ2v) is 5.10. The van der Waals surface area contributed by atoms with Crippen LogP contribution in [0.5, 0.6) is 0 Å². The molecule has 19 heavy (non-hydrogen) atoms. The second-order valence-electron chi connectivity index (χ2n) is 5.10. The van der Waals surface area contributed by atoms with Gasteiger partial charge in [0, 0.05) is 19.6 Å². The summed E-state index contributed by atoms with van der Waals surface area (Å²) in [5.74, 6) is 0. The van der Waals surface area contributed by atoms with E-state index in [1.54, 1.807) is 0 Å². The van der Waals surface area contributed by atoms with Gasteiger partial charge in [-0.05, 0) is 11.1 Å². The summed E-state index contributed by atoms with van der Waals surface area (Å²) in [6.07, 6.45) is 0.437. The molecule has 0 amide bonds. The van der Waals surface area contributed by atoms with Crippen LogP contribution in [0.4, 0.5) is 0 Å². The number of benzene rings is 2. The number of hydrogen-bond acceptors (Lipinski definition) is 2. The molecule has 0 unspecified atom stereocenters. The van der Waals surface area contributed by atoms with Crippen molar-refractivity contribution in [1.82, 2.24) is 4.90 Å². The molecule has 0 aliphatic carbocycles. The maximum absolute atomic E-state index is 5.37. The third kappa shape index (κ3) is 3.91. The molecule has 1 saturated heterocycles. The van der Waals surface area contributed by atoms with E-state index < -0.39 is 0 Å². The molecule has 2 nitrogen and oxygen atoms in total. The summed E-state index contributed by atoms with van der Waals surface area (Å²) >= 11 is 0. The molecule has 0 saturated carbocycles.